The van der Waals surface area contributed by atoms with E-state index in [1.807, 2.05) is 6.92 Å². The van der Waals surface area contributed by atoms with E-state index in [1.54, 1.807) is 0 Å². The van der Waals surface area contributed by atoms with Crippen LogP contribution in [0.4, 0.5) is 10.1 Å². The smallest absolute Gasteiger partial charge is 0.272 e. The summed E-state index contributed by atoms with van der Waals surface area (Å²) >= 11 is 0. The molecule has 0 saturated carbocycles. The van der Waals surface area contributed by atoms with Crippen LogP contribution in [0.25, 0.3) is 0 Å². The maximum atomic E-state index is 13.6. The van der Waals surface area contributed by atoms with Crippen molar-refractivity contribution in [2.75, 3.05) is 6.54 Å². The van der Waals surface area contributed by atoms with E-state index >= 15 is 0 Å². The number of aliphatic hydroxyl groups excluding tert-OH is 1. The summed E-state index contributed by atoms with van der Waals surface area (Å²) in [5, 5.41) is 19.9. The predicted molar refractivity (Wildman–Crippen MR) is 69.2 cm³/mol. The SMILES string of the molecule is CCCC(O)CNS(=O)(=O)c1ccc([N+](=O)[O-])cc1F. The maximum Gasteiger partial charge on any atom is 0.272 e. The number of sulfonamides is 1. The van der Waals surface area contributed by atoms with E-state index in [9.17, 15) is 28.0 Å². The zero-order valence-electron chi connectivity index (χ0n) is 10.7. The molecule has 2 N–H and O–H groups in total. The molecule has 1 unspecified atom stereocenters. The molecule has 1 atom stereocenters. The van der Waals surface area contributed by atoms with Crippen LogP contribution in [-0.4, -0.2) is 31.1 Å². The van der Waals surface area contributed by atoms with Crippen molar-refractivity contribution >= 4 is 15.7 Å². The Labute approximate surface area is 115 Å². The summed E-state index contributed by atoms with van der Waals surface area (Å²) in [6, 6.07) is 2.26. The summed E-state index contributed by atoms with van der Waals surface area (Å²) in [7, 11) is -4.15. The molecule has 0 spiro atoms. The van der Waals surface area contributed by atoms with Gasteiger partial charge in [0, 0.05) is 12.6 Å². The van der Waals surface area contributed by atoms with E-state index in [1.165, 1.54) is 0 Å². The van der Waals surface area contributed by atoms with Gasteiger partial charge in [-0.15, -0.1) is 0 Å². The van der Waals surface area contributed by atoms with Crippen LogP contribution < -0.4 is 4.72 Å². The van der Waals surface area contributed by atoms with Gasteiger partial charge >= 0.3 is 0 Å². The molecule has 7 nitrogen and oxygen atoms in total. The number of hydrogen-bond acceptors (Lipinski definition) is 5. The fraction of sp³-hybridized carbons (Fsp3) is 0.455. The van der Waals surface area contributed by atoms with Crippen molar-refractivity contribution in [1.82, 2.24) is 4.72 Å². The highest BCUT2D eigenvalue weighted by molar-refractivity contribution is 7.89. The van der Waals surface area contributed by atoms with Gasteiger partial charge in [-0.25, -0.2) is 17.5 Å². The average Bonchev–Trinajstić information content (AvgIpc) is 2.36. The minimum Gasteiger partial charge on any atom is -0.392 e. The first-order valence-corrected chi connectivity index (χ1v) is 7.38. The van der Waals surface area contributed by atoms with Gasteiger partial charge in [0.1, 0.15) is 10.7 Å². The largest absolute Gasteiger partial charge is 0.392 e. The first kappa shape index (κ1) is 16.5. The molecule has 9 heteroatoms. The molecule has 112 valence electrons. The van der Waals surface area contributed by atoms with Gasteiger partial charge in [-0.2, -0.15) is 0 Å². The summed E-state index contributed by atoms with van der Waals surface area (Å²) < 4.78 is 39.3. The number of rotatable bonds is 7. The van der Waals surface area contributed by atoms with E-state index in [0.717, 1.165) is 12.1 Å². The molecule has 0 aliphatic rings. The molecule has 1 rings (SSSR count). The monoisotopic (exact) mass is 306 g/mol. The fourth-order valence-corrected chi connectivity index (χ4v) is 2.67. The summed E-state index contributed by atoms with van der Waals surface area (Å²) in [4.78, 5) is 8.93. The second-order valence-electron chi connectivity index (χ2n) is 4.17. The van der Waals surface area contributed by atoms with Crippen molar-refractivity contribution in [3.05, 3.63) is 34.1 Å². The van der Waals surface area contributed by atoms with Crippen LogP contribution >= 0.6 is 0 Å². The van der Waals surface area contributed by atoms with Crippen molar-refractivity contribution in [3.63, 3.8) is 0 Å². The van der Waals surface area contributed by atoms with Gasteiger partial charge in [0.15, 0.2) is 0 Å². The summed E-state index contributed by atoms with van der Waals surface area (Å²) in [6.45, 7) is 1.58. The first-order valence-electron chi connectivity index (χ1n) is 5.89. The van der Waals surface area contributed by atoms with Crippen LogP contribution in [0.5, 0.6) is 0 Å². The van der Waals surface area contributed by atoms with Gasteiger partial charge < -0.3 is 5.11 Å². The molecule has 0 bridgehead atoms. The molecule has 0 aliphatic carbocycles. The number of non-ortho nitro benzene ring substituents is 1. The third-order valence-electron chi connectivity index (χ3n) is 2.55. The van der Waals surface area contributed by atoms with E-state index in [0.29, 0.717) is 18.9 Å². The quantitative estimate of drug-likeness (QED) is 0.580. The molecule has 0 amide bonds. The highest BCUT2D eigenvalue weighted by atomic mass is 32.2. The lowest BCUT2D eigenvalue weighted by Crippen LogP contribution is -2.32. The maximum absolute atomic E-state index is 13.6. The zero-order chi connectivity index (χ0) is 15.3. The third kappa shape index (κ3) is 4.22. The molecule has 20 heavy (non-hydrogen) atoms. The Morgan fingerprint density at radius 2 is 2.15 bits per heavy atom. The Morgan fingerprint density at radius 3 is 2.65 bits per heavy atom. The second kappa shape index (κ2) is 6.73. The molecule has 0 aromatic heterocycles. The van der Waals surface area contributed by atoms with Gasteiger partial charge in [-0.05, 0) is 12.5 Å². The van der Waals surface area contributed by atoms with Crippen molar-refractivity contribution in [3.8, 4) is 0 Å². The predicted octanol–water partition coefficient (Wildman–Crippen LogP) is 1.17. The van der Waals surface area contributed by atoms with Gasteiger partial charge in [-0.1, -0.05) is 13.3 Å². The summed E-state index contributed by atoms with van der Waals surface area (Å²) in [6.07, 6.45) is 0.218. The summed E-state index contributed by atoms with van der Waals surface area (Å²) in [5.41, 5.74) is -0.535. The molecule has 0 fully saturated rings. The van der Waals surface area contributed by atoms with Crippen LogP contribution in [0.1, 0.15) is 19.8 Å². The number of aliphatic hydroxyl groups is 1. The number of halogens is 1. The average molecular weight is 306 g/mol. The summed E-state index contributed by atoms with van der Waals surface area (Å²) in [5.74, 6) is -1.21. The Balaban J connectivity index is 2.90. The van der Waals surface area contributed by atoms with Gasteiger partial charge in [0.25, 0.3) is 5.69 Å². The van der Waals surface area contributed by atoms with Crippen LogP contribution in [-0.2, 0) is 10.0 Å². The highest BCUT2D eigenvalue weighted by Gasteiger charge is 2.22. The second-order valence-corrected chi connectivity index (χ2v) is 5.90. The lowest BCUT2D eigenvalue weighted by atomic mass is 10.2. The standard InChI is InChI=1S/C11H15FN2O5S/c1-2-3-9(15)7-13-20(18,19)11-5-4-8(14(16)17)6-10(11)12/h4-6,9,13,15H,2-3,7H2,1H3. The number of nitrogens with zero attached hydrogens (tertiary/aromatic N) is 1. The number of hydrogen-bond donors (Lipinski definition) is 2. The van der Waals surface area contributed by atoms with Gasteiger partial charge in [-0.3, -0.25) is 10.1 Å². The highest BCUT2D eigenvalue weighted by Crippen LogP contribution is 2.20. The van der Waals surface area contributed by atoms with E-state index in [2.05, 4.69) is 4.72 Å². The molecular formula is C11H15FN2O5S. The minimum atomic E-state index is -4.15. The number of nitro groups is 1. The molecule has 0 saturated heterocycles. The molecule has 0 heterocycles. The van der Waals surface area contributed by atoms with Crippen LogP contribution in [0, 0.1) is 15.9 Å². The van der Waals surface area contributed by atoms with Crippen molar-refractivity contribution < 1.29 is 22.8 Å². The van der Waals surface area contributed by atoms with Crippen molar-refractivity contribution in [1.29, 1.82) is 0 Å². The van der Waals surface area contributed by atoms with Gasteiger partial charge in [0.2, 0.25) is 10.0 Å². The topological polar surface area (TPSA) is 110 Å². The number of benzene rings is 1. The normalized spacial score (nSPS) is 13.2. The Morgan fingerprint density at radius 1 is 1.50 bits per heavy atom. The third-order valence-corrected chi connectivity index (χ3v) is 4.00. The first-order chi connectivity index (χ1) is 9.27. The molecule has 0 radical (unpaired) electrons. The lowest BCUT2D eigenvalue weighted by Gasteiger charge is -2.11. The van der Waals surface area contributed by atoms with Crippen molar-refractivity contribution in [2.24, 2.45) is 0 Å². The molecular weight excluding hydrogens is 291 g/mol. The molecule has 1 aromatic rings. The Bertz CT molecular complexity index is 590. The number of nitro benzene ring substituents is 1. The van der Waals surface area contributed by atoms with Crippen LogP contribution in [0.2, 0.25) is 0 Å². The van der Waals surface area contributed by atoms with Crippen LogP contribution in [0.3, 0.4) is 0 Å². The molecule has 0 aliphatic heterocycles. The lowest BCUT2D eigenvalue weighted by molar-refractivity contribution is -0.385. The Hall–Kier alpha value is -1.58. The van der Waals surface area contributed by atoms with Gasteiger partial charge in [0.05, 0.1) is 17.1 Å². The van der Waals surface area contributed by atoms with Crippen molar-refractivity contribution in [2.45, 2.75) is 30.8 Å². The Kier molecular flexibility index (Phi) is 5.54. The fourth-order valence-electron chi connectivity index (χ4n) is 1.54. The number of nitrogens with one attached hydrogen (secondary N) is 1. The zero-order valence-corrected chi connectivity index (χ0v) is 11.6. The molecule has 1 aromatic carbocycles. The van der Waals surface area contributed by atoms with E-state index in [-0.39, 0.29) is 6.54 Å². The minimum absolute atomic E-state index is 0.243. The van der Waals surface area contributed by atoms with Crippen LogP contribution in [0.15, 0.2) is 23.1 Å². The van der Waals surface area contributed by atoms with E-state index < -0.39 is 37.5 Å². The van der Waals surface area contributed by atoms with E-state index in [4.69, 9.17) is 0 Å².